The fourth-order valence-corrected chi connectivity index (χ4v) is 3.80. The zero-order valence-electron chi connectivity index (χ0n) is 21.7. The van der Waals surface area contributed by atoms with Gasteiger partial charge in [-0.2, -0.15) is 0 Å². The first kappa shape index (κ1) is 27.9. The molecule has 0 saturated carbocycles. The zero-order chi connectivity index (χ0) is 27.3. The summed E-state index contributed by atoms with van der Waals surface area (Å²) in [5, 5.41) is 10.5. The predicted octanol–water partition coefficient (Wildman–Crippen LogP) is 6.14. The number of carbonyl (C=O) groups is 2. The molecule has 8 heteroatoms. The van der Waals surface area contributed by atoms with Crippen molar-refractivity contribution < 1.29 is 28.2 Å². The molecule has 1 heterocycles. The topological polar surface area (TPSA) is 81.4 Å². The van der Waals surface area contributed by atoms with Crippen molar-refractivity contribution in [2.24, 2.45) is 0 Å². The number of carbonyl (C=O) groups excluding carboxylic acids is 2. The van der Waals surface area contributed by atoms with E-state index < -0.39 is 35.7 Å². The second kappa shape index (κ2) is 11.6. The van der Waals surface area contributed by atoms with Crippen LogP contribution in [0, 0.1) is 11.6 Å². The van der Waals surface area contributed by atoms with E-state index in [1.54, 1.807) is 55.8 Å². The number of ether oxygens (including phenoxy) is 1. The molecule has 196 valence electrons. The molecule has 1 N–H and O–H groups in total. The lowest BCUT2D eigenvalue weighted by atomic mass is 10.0. The molecule has 1 aromatic heterocycles. The van der Waals surface area contributed by atoms with E-state index in [2.05, 4.69) is 0 Å². The second-order valence-corrected chi connectivity index (χ2v) is 10.1. The van der Waals surface area contributed by atoms with Gasteiger partial charge >= 0.3 is 5.97 Å². The Bertz CT molecular complexity index is 1270. The van der Waals surface area contributed by atoms with Crippen LogP contribution in [0.4, 0.5) is 8.78 Å². The normalized spacial score (nSPS) is 12.8. The number of benzene rings is 2. The minimum atomic E-state index is -1.16. The molecule has 0 amide bonds. The first-order chi connectivity index (χ1) is 17.3. The summed E-state index contributed by atoms with van der Waals surface area (Å²) in [6, 6.07) is 11.8. The Morgan fingerprint density at radius 3 is 2.05 bits per heavy atom. The molecule has 0 saturated heterocycles. The van der Waals surface area contributed by atoms with Gasteiger partial charge in [0.05, 0.1) is 17.5 Å². The molecule has 0 spiro atoms. The van der Waals surface area contributed by atoms with Gasteiger partial charge in [0, 0.05) is 29.7 Å². The fourth-order valence-electron chi connectivity index (χ4n) is 3.80. The molecule has 0 aliphatic heterocycles. The highest BCUT2D eigenvalue weighted by atomic mass is 19.1. The number of rotatable bonds is 9. The predicted molar refractivity (Wildman–Crippen MR) is 139 cm³/mol. The van der Waals surface area contributed by atoms with E-state index in [0.29, 0.717) is 28.3 Å². The summed E-state index contributed by atoms with van der Waals surface area (Å²) in [7, 11) is 0. The molecule has 0 unspecified atom stereocenters. The van der Waals surface area contributed by atoms with Crippen molar-refractivity contribution in [1.82, 2.24) is 9.55 Å². The van der Waals surface area contributed by atoms with Gasteiger partial charge in [0.25, 0.3) is 0 Å². The first-order valence-corrected chi connectivity index (χ1v) is 12.1. The monoisotopic (exact) mass is 510 g/mol. The zero-order valence-corrected chi connectivity index (χ0v) is 21.7. The summed E-state index contributed by atoms with van der Waals surface area (Å²) >= 11 is 0. The number of hydrogen-bond acceptors (Lipinski definition) is 5. The van der Waals surface area contributed by atoms with Crippen molar-refractivity contribution in [2.75, 3.05) is 0 Å². The van der Waals surface area contributed by atoms with Crippen LogP contribution in [0.1, 0.15) is 59.2 Å². The third-order valence-electron chi connectivity index (χ3n) is 5.35. The van der Waals surface area contributed by atoms with Crippen LogP contribution < -0.4 is 0 Å². The number of imidazole rings is 1. The maximum Gasteiger partial charge on any atom is 0.313 e. The summed E-state index contributed by atoms with van der Waals surface area (Å²) in [4.78, 5) is 29.0. The van der Waals surface area contributed by atoms with E-state index in [0.717, 1.165) is 0 Å². The lowest BCUT2D eigenvalue weighted by Crippen LogP contribution is -2.26. The quantitative estimate of drug-likeness (QED) is 0.276. The van der Waals surface area contributed by atoms with Crippen LogP contribution in [0.5, 0.6) is 0 Å². The smallest absolute Gasteiger partial charge is 0.313 e. The number of aromatic nitrogens is 2. The average molecular weight is 511 g/mol. The maximum atomic E-state index is 13.7. The number of aliphatic hydroxyl groups excluding tert-OH is 1. The molecule has 2 aromatic carbocycles. The van der Waals surface area contributed by atoms with E-state index in [4.69, 9.17) is 9.72 Å². The molecular formula is C29H32F2N2O4. The number of esters is 1. The molecule has 37 heavy (non-hydrogen) atoms. The highest BCUT2D eigenvalue weighted by molar-refractivity contribution is 5.96. The standard InChI is InChI=1S/C29H32F2N2O4/c1-18(2)28-32-26(19-6-10-21(30)11-7-19)27(20-8-12-22(31)13-9-20)33(28)15-14-23(34)16-24(35)17-25(36)37-29(3,4)5/h6-15,18,23,34H,16-17H2,1-5H3/b15-14+/t23-/m1/s1. The number of ketones is 1. The van der Waals surface area contributed by atoms with Gasteiger partial charge in [-0.25, -0.2) is 13.8 Å². The molecule has 0 radical (unpaired) electrons. The lowest BCUT2D eigenvalue weighted by Gasteiger charge is -2.19. The van der Waals surface area contributed by atoms with Crippen LogP contribution in [0.25, 0.3) is 28.7 Å². The number of Topliss-reactive ketones (excluding diaryl/α,β-unsaturated/α-hetero) is 1. The van der Waals surface area contributed by atoms with E-state index >= 15 is 0 Å². The van der Waals surface area contributed by atoms with E-state index in [1.807, 2.05) is 13.8 Å². The van der Waals surface area contributed by atoms with Crippen LogP contribution in [0.15, 0.2) is 54.6 Å². The van der Waals surface area contributed by atoms with Crippen LogP contribution in [-0.4, -0.2) is 38.1 Å². The minimum absolute atomic E-state index is 0.0380. The van der Waals surface area contributed by atoms with E-state index in [1.165, 1.54) is 30.3 Å². The SMILES string of the molecule is CC(C)c1nc(-c2ccc(F)cc2)c(-c2ccc(F)cc2)n1/C=C/[C@@H](O)CC(=O)CC(=O)OC(C)(C)C. The Morgan fingerprint density at radius 2 is 1.54 bits per heavy atom. The number of halogens is 2. The van der Waals surface area contributed by atoms with Gasteiger partial charge in [0.1, 0.15) is 35.3 Å². The Kier molecular flexibility index (Phi) is 8.76. The molecule has 6 nitrogen and oxygen atoms in total. The molecule has 3 rings (SSSR count). The third kappa shape index (κ3) is 7.67. The van der Waals surface area contributed by atoms with Crippen molar-refractivity contribution in [3.05, 3.63) is 72.1 Å². The molecule has 0 fully saturated rings. The average Bonchev–Trinajstić information content (AvgIpc) is 3.17. The van der Waals surface area contributed by atoms with Crippen molar-refractivity contribution in [3.63, 3.8) is 0 Å². The Morgan fingerprint density at radius 1 is 1.00 bits per heavy atom. The van der Waals surface area contributed by atoms with Gasteiger partial charge in [0.15, 0.2) is 0 Å². The Balaban J connectivity index is 1.96. The molecule has 0 bridgehead atoms. The fraction of sp³-hybridized carbons (Fsp3) is 0.345. The lowest BCUT2D eigenvalue weighted by molar-refractivity contribution is -0.156. The van der Waals surface area contributed by atoms with Crippen LogP contribution in [-0.2, 0) is 14.3 Å². The van der Waals surface area contributed by atoms with Crippen molar-refractivity contribution in [3.8, 4) is 22.5 Å². The summed E-state index contributed by atoms with van der Waals surface area (Å²) in [5.41, 5.74) is 1.82. The number of aliphatic hydroxyl groups is 1. The van der Waals surface area contributed by atoms with Crippen LogP contribution in [0.2, 0.25) is 0 Å². The van der Waals surface area contributed by atoms with E-state index in [-0.39, 0.29) is 18.2 Å². The number of hydrogen-bond donors (Lipinski definition) is 1. The first-order valence-electron chi connectivity index (χ1n) is 12.1. The van der Waals surface area contributed by atoms with Gasteiger partial charge in [0.2, 0.25) is 0 Å². The Labute approximate surface area is 215 Å². The largest absolute Gasteiger partial charge is 0.460 e. The highest BCUT2D eigenvalue weighted by Crippen LogP contribution is 2.35. The molecule has 0 aliphatic rings. The summed E-state index contributed by atoms with van der Waals surface area (Å²) in [5.74, 6) is -1.25. The maximum absolute atomic E-state index is 13.7. The summed E-state index contributed by atoms with van der Waals surface area (Å²) in [6.45, 7) is 9.04. The molecule has 1 atom stereocenters. The molecule has 0 aliphatic carbocycles. The van der Waals surface area contributed by atoms with Crippen molar-refractivity contribution in [1.29, 1.82) is 0 Å². The van der Waals surface area contributed by atoms with E-state index in [9.17, 15) is 23.5 Å². The summed E-state index contributed by atoms with van der Waals surface area (Å²) < 4.78 is 34.2. The molecule has 3 aromatic rings. The third-order valence-corrected chi connectivity index (χ3v) is 5.35. The number of nitrogens with zero attached hydrogens (tertiary/aromatic N) is 2. The van der Waals surface area contributed by atoms with Crippen molar-refractivity contribution >= 4 is 18.0 Å². The van der Waals surface area contributed by atoms with Crippen LogP contribution >= 0.6 is 0 Å². The van der Waals surface area contributed by atoms with Gasteiger partial charge < -0.3 is 14.4 Å². The van der Waals surface area contributed by atoms with Gasteiger partial charge in [-0.1, -0.05) is 13.8 Å². The van der Waals surface area contributed by atoms with Crippen LogP contribution in [0.3, 0.4) is 0 Å². The van der Waals surface area contributed by atoms with Gasteiger partial charge in [-0.3, -0.25) is 9.59 Å². The van der Waals surface area contributed by atoms with Crippen molar-refractivity contribution in [2.45, 2.75) is 65.1 Å². The highest BCUT2D eigenvalue weighted by Gasteiger charge is 2.22. The Hall–Kier alpha value is -3.65. The minimum Gasteiger partial charge on any atom is -0.460 e. The molecular weight excluding hydrogens is 478 g/mol. The van der Waals surface area contributed by atoms with Gasteiger partial charge in [-0.15, -0.1) is 0 Å². The summed E-state index contributed by atoms with van der Waals surface area (Å²) in [6.07, 6.45) is 1.20. The second-order valence-electron chi connectivity index (χ2n) is 10.1. The van der Waals surface area contributed by atoms with Gasteiger partial charge in [-0.05, 0) is 75.4 Å².